The van der Waals surface area contributed by atoms with E-state index in [-0.39, 0.29) is 23.9 Å². The van der Waals surface area contributed by atoms with Crippen LogP contribution in [-0.2, 0) is 12.7 Å². The lowest BCUT2D eigenvalue weighted by atomic mass is 10.00. The second-order valence-electron chi connectivity index (χ2n) is 6.82. The molecule has 3 aromatic rings. The fraction of sp³-hybridized carbons (Fsp3) is 0.250. The number of rotatable bonds is 4. The van der Waals surface area contributed by atoms with E-state index in [9.17, 15) is 22.4 Å². The Morgan fingerprint density at radius 3 is 2.53 bits per heavy atom. The Balaban J connectivity index is 1.45. The summed E-state index contributed by atoms with van der Waals surface area (Å²) in [4.78, 5) is 22.2. The molecule has 0 aliphatic carbocycles. The van der Waals surface area contributed by atoms with Crippen LogP contribution in [0.1, 0.15) is 23.3 Å². The average molecular weight is 420 g/mol. The van der Waals surface area contributed by atoms with Crippen LogP contribution in [0.15, 0.2) is 58.2 Å². The van der Waals surface area contributed by atoms with Gasteiger partial charge in [-0.2, -0.15) is 18.2 Å². The van der Waals surface area contributed by atoms with Gasteiger partial charge in [0.15, 0.2) is 0 Å². The molecule has 30 heavy (non-hydrogen) atoms. The van der Waals surface area contributed by atoms with Crippen molar-refractivity contribution >= 4 is 11.5 Å². The van der Waals surface area contributed by atoms with Gasteiger partial charge in [-0.15, -0.1) is 0 Å². The van der Waals surface area contributed by atoms with Crippen molar-refractivity contribution < 1.29 is 22.0 Å². The summed E-state index contributed by atoms with van der Waals surface area (Å²) in [6.07, 6.45) is 0.265. The Morgan fingerprint density at radius 2 is 1.93 bits per heavy atom. The first-order chi connectivity index (χ1) is 14.3. The van der Waals surface area contributed by atoms with Gasteiger partial charge < -0.3 is 9.32 Å². The molecule has 1 aliphatic heterocycles. The topological polar surface area (TPSA) is 64.2 Å². The Morgan fingerprint density at radius 1 is 1.17 bits per heavy atom. The first-order valence-corrected chi connectivity index (χ1v) is 9.07. The number of alkyl halides is 3. The Hall–Kier alpha value is -3.43. The van der Waals surface area contributed by atoms with Gasteiger partial charge in [0.25, 0.3) is 0 Å². The molecule has 0 saturated heterocycles. The van der Waals surface area contributed by atoms with Crippen molar-refractivity contribution in [2.75, 3.05) is 18.0 Å². The average Bonchev–Trinajstić information content (AvgIpc) is 3.20. The monoisotopic (exact) mass is 420 g/mol. The van der Waals surface area contributed by atoms with Gasteiger partial charge in [0, 0.05) is 18.7 Å². The van der Waals surface area contributed by atoms with E-state index in [0.29, 0.717) is 19.5 Å². The van der Waals surface area contributed by atoms with Crippen molar-refractivity contribution in [3.63, 3.8) is 0 Å². The van der Waals surface area contributed by atoms with Gasteiger partial charge in [-0.25, -0.2) is 14.2 Å². The minimum atomic E-state index is -4.59. The minimum Gasteiger partial charge on any atom is -0.459 e. The zero-order valence-corrected chi connectivity index (χ0v) is 15.6. The molecule has 1 aromatic carbocycles. The summed E-state index contributed by atoms with van der Waals surface area (Å²) < 4.78 is 56.5. The number of aromatic nitrogens is 3. The molecule has 2 aromatic heterocycles. The fourth-order valence-electron chi connectivity index (χ4n) is 3.19. The summed E-state index contributed by atoms with van der Waals surface area (Å²) in [6, 6.07) is 7.09. The number of hydrogen-bond donors (Lipinski definition) is 0. The SMILES string of the molecule is O=c1nc(N2CC=C(c3ccc(F)cc3)CC2)ncn1Cc1coc(C(F)(F)F)c1. The van der Waals surface area contributed by atoms with Crippen LogP contribution < -0.4 is 10.6 Å². The number of anilines is 1. The maximum Gasteiger partial charge on any atom is 0.449 e. The van der Waals surface area contributed by atoms with Crippen molar-refractivity contribution in [1.82, 2.24) is 14.5 Å². The molecule has 6 nitrogen and oxygen atoms in total. The molecule has 0 fully saturated rings. The third kappa shape index (κ3) is 4.27. The summed E-state index contributed by atoms with van der Waals surface area (Å²) in [5.41, 5.74) is 1.57. The molecular weight excluding hydrogens is 404 g/mol. The summed E-state index contributed by atoms with van der Waals surface area (Å²) in [5.74, 6) is -1.18. The predicted octanol–water partition coefficient (Wildman–Crippen LogP) is 3.73. The quantitative estimate of drug-likeness (QED) is 0.602. The van der Waals surface area contributed by atoms with E-state index in [1.54, 1.807) is 12.1 Å². The van der Waals surface area contributed by atoms with Crippen LogP contribution in [0.3, 0.4) is 0 Å². The molecule has 10 heteroatoms. The van der Waals surface area contributed by atoms with E-state index < -0.39 is 17.6 Å². The van der Waals surface area contributed by atoms with Gasteiger partial charge in [-0.1, -0.05) is 18.2 Å². The van der Waals surface area contributed by atoms with Crippen LogP contribution in [0.2, 0.25) is 0 Å². The summed E-state index contributed by atoms with van der Waals surface area (Å²) in [6.45, 7) is 0.920. The maximum atomic E-state index is 13.1. The van der Waals surface area contributed by atoms with Gasteiger partial charge in [-0.3, -0.25) is 4.57 Å². The van der Waals surface area contributed by atoms with Gasteiger partial charge in [0.2, 0.25) is 11.7 Å². The maximum absolute atomic E-state index is 13.1. The Kier molecular flexibility index (Phi) is 5.15. The molecule has 1 aliphatic rings. The number of benzene rings is 1. The van der Waals surface area contributed by atoms with Crippen molar-refractivity contribution in [3.05, 3.63) is 82.2 Å². The molecule has 0 amide bonds. The highest BCUT2D eigenvalue weighted by atomic mass is 19.4. The Labute approximate surface area is 168 Å². The van der Waals surface area contributed by atoms with Crippen LogP contribution in [0.5, 0.6) is 0 Å². The highest BCUT2D eigenvalue weighted by Crippen LogP contribution is 2.30. The van der Waals surface area contributed by atoms with E-state index in [1.807, 2.05) is 11.0 Å². The number of furan rings is 1. The summed E-state index contributed by atoms with van der Waals surface area (Å²) in [7, 11) is 0. The normalized spacial score (nSPS) is 14.7. The van der Waals surface area contributed by atoms with Crippen LogP contribution in [0.25, 0.3) is 5.57 Å². The van der Waals surface area contributed by atoms with E-state index in [2.05, 4.69) is 14.4 Å². The number of halogens is 4. The second-order valence-corrected chi connectivity index (χ2v) is 6.82. The minimum absolute atomic E-state index is 0.132. The predicted molar refractivity (Wildman–Crippen MR) is 100 cm³/mol. The zero-order valence-electron chi connectivity index (χ0n) is 15.6. The first-order valence-electron chi connectivity index (χ1n) is 9.07. The van der Waals surface area contributed by atoms with E-state index in [4.69, 9.17) is 0 Å². The number of hydrogen-bond acceptors (Lipinski definition) is 5. The molecular formula is C20H16F4N4O2. The van der Waals surface area contributed by atoms with Crippen LogP contribution in [0.4, 0.5) is 23.5 Å². The highest BCUT2D eigenvalue weighted by molar-refractivity contribution is 5.68. The lowest BCUT2D eigenvalue weighted by Gasteiger charge is -2.26. The molecule has 0 spiro atoms. The van der Waals surface area contributed by atoms with Gasteiger partial charge in [-0.05, 0) is 35.8 Å². The van der Waals surface area contributed by atoms with E-state index in [1.165, 1.54) is 18.5 Å². The second kappa shape index (κ2) is 7.77. The number of nitrogens with zero attached hydrogens (tertiary/aromatic N) is 4. The molecule has 3 heterocycles. The van der Waals surface area contributed by atoms with Crippen molar-refractivity contribution in [2.24, 2.45) is 0 Å². The van der Waals surface area contributed by atoms with E-state index >= 15 is 0 Å². The third-order valence-electron chi connectivity index (χ3n) is 4.75. The van der Waals surface area contributed by atoms with Crippen LogP contribution in [0, 0.1) is 5.82 Å². The smallest absolute Gasteiger partial charge is 0.449 e. The molecule has 0 bridgehead atoms. The molecule has 0 atom stereocenters. The van der Waals surface area contributed by atoms with Crippen molar-refractivity contribution in [1.29, 1.82) is 0 Å². The standard InChI is InChI=1S/C20H16F4N4O2/c21-16-3-1-14(2-4-16)15-5-7-27(8-6-15)18-25-12-28(19(29)26-18)10-13-9-17(30-11-13)20(22,23)24/h1-5,9,11-12H,6-8,10H2. The molecule has 4 rings (SSSR count). The van der Waals surface area contributed by atoms with Crippen LogP contribution >= 0.6 is 0 Å². The molecule has 156 valence electrons. The van der Waals surface area contributed by atoms with Crippen molar-refractivity contribution in [2.45, 2.75) is 19.1 Å². The molecule has 0 saturated carbocycles. The Bertz CT molecular complexity index is 1130. The lowest BCUT2D eigenvalue weighted by molar-refractivity contribution is -0.153. The lowest BCUT2D eigenvalue weighted by Crippen LogP contribution is -2.33. The van der Waals surface area contributed by atoms with Crippen molar-refractivity contribution in [3.8, 4) is 0 Å². The zero-order chi connectivity index (χ0) is 21.3. The fourth-order valence-corrected chi connectivity index (χ4v) is 3.19. The first kappa shape index (κ1) is 19.9. The molecule has 0 unspecified atom stereocenters. The summed E-state index contributed by atoms with van der Waals surface area (Å²) in [5, 5.41) is 0. The molecule has 0 radical (unpaired) electrons. The largest absolute Gasteiger partial charge is 0.459 e. The van der Waals surface area contributed by atoms with E-state index in [0.717, 1.165) is 28.0 Å². The highest BCUT2D eigenvalue weighted by Gasteiger charge is 2.34. The van der Waals surface area contributed by atoms with Crippen LogP contribution in [-0.4, -0.2) is 27.6 Å². The van der Waals surface area contributed by atoms with Gasteiger partial charge in [0.05, 0.1) is 12.8 Å². The van der Waals surface area contributed by atoms with Gasteiger partial charge in [0.1, 0.15) is 12.1 Å². The molecule has 0 N–H and O–H groups in total. The van der Waals surface area contributed by atoms with Gasteiger partial charge >= 0.3 is 11.9 Å². The third-order valence-corrected chi connectivity index (χ3v) is 4.75. The summed E-state index contributed by atoms with van der Waals surface area (Å²) >= 11 is 0.